The average Bonchev–Trinajstić information content (AvgIpc) is 2.97. The molecule has 0 saturated carbocycles. The lowest BCUT2D eigenvalue weighted by Gasteiger charge is -2.22. The van der Waals surface area contributed by atoms with Gasteiger partial charge < -0.3 is 20.5 Å². The molecule has 3 atom stereocenters. The summed E-state index contributed by atoms with van der Waals surface area (Å²) in [7, 11) is 1.53. The standard InChI is InChI=1S/C20H29N3O5/c1-4-13(2)16(12-24)21-18(25)10-9-15-19(26)23(20(27)22-15)11-14-7-5-6-8-17(14)28-3/h5-8,13,15-16,24H,4,9-12H2,1-3H3,(H,21,25)(H,22,27). The lowest BCUT2D eigenvalue weighted by atomic mass is 9.99. The number of amides is 4. The lowest BCUT2D eigenvalue weighted by molar-refractivity contribution is -0.128. The van der Waals surface area contributed by atoms with Crippen LogP contribution in [0.25, 0.3) is 0 Å². The zero-order valence-electron chi connectivity index (χ0n) is 16.6. The van der Waals surface area contributed by atoms with E-state index in [1.54, 1.807) is 12.1 Å². The molecule has 3 N–H and O–H groups in total. The Morgan fingerprint density at radius 1 is 1.36 bits per heavy atom. The number of urea groups is 1. The first kappa shape index (κ1) is 21.7. The predicted molar refractivity (Wildman–Crippen MR) is 104 cm³/mol. The van der Waals surface area contributed by atoms with Crippen molar-refractivity contribution in [2.75, 3.05) is 13.7 Å². The van der Waals surface area contributed by atoms with Crippen LogP contribution in [0.15, 0.2) is 24.3 Å². The number of para-hydroxylation sites is 1. The van der Waals surface area contributed by atoms with Crippen LogP contribution in [0.5, 0.6) is 5.75 Å². The molecule has 8 heteroatoms. The molecule has 3 unspecified atom stereocenters. The van der Waals surface area contributed by atoms with Crippen molar-refractivity contribution in [3.8, 4) is 5.75 Å². The van der Waals surface area contributed by atoms with Crippen molar-refractivity contribution in [2.24, 2.45) is 5.92 Å². The molecule has 2 rings (SSSR count). The second-order valence-electron chi connectivity index (χ2n) is 7.02. The summed E-state index contributed by atoms with van der Waals surface area (Å²) in [5.41, 5.74) is 0.728. The largest absolute Gasteiger partial charge is 0.496 e. The van der Waals surface area contributed by atoms with Gasteiger partial charge in [-0.1, -0.05) is 38.5 Å². The Labute approximate surface area is 165 Å². The van der Waals surface area contributed by atoms with Gasteiger partial charge in [0, 0.05) is 12.0 Å². The maximum atomic E-state index is 12.6. The Kier molecular flexibility index (Phi) is 7.80. The van der Waals surface area contributed by atoms with Crippen LogP contribution < -0.4 is 15.4 Å². The average molecular weight is 391 g/mol. The van der Waals surface area contributed by atoms with Gasteiger partial charge in [0.2, 0.25) is 5.91 Å². The molecule has 0 spiro atoms. The van der Waals surface area contributed by atoms with Crippen LogP contribution in [0.4, 0.5) is 4.79 Å². The highest BCUT2D eigenvalue weighted by Gasteiger charge is 2.38. The number of carbonyl (C=O) groups is 3. The van der Waals surface area contributed by atoms with Crippen molar-refractivity contribution >= 4 is 17.8 Å². The fourth-order valence-corrected chi connectivity index (χ4v) is 3.13. The van der Waals surface area contributed by atoms with Gasteiger partial charge in [-0.3, -0.25) is 14.5 Å². The number of aliphatic hydroxyl groups excluding tert-OH is 1. The molecule has 1 fully saturated rings. The predicted octanol–water partition coefficient (Wildman–Crippen LogP) is 1.42. The van der Waals surface area contributed by atoms with Crippen LogP contribution >= 0.6 is 0 Å². The molecule has 8 nitrogen and oxygen atoms in total. The minimum atomic E-state index is -0.732. The molecule has 28 heavy (non-hydrogen) atoms. The molecule has 0 bridgehead atoms. The number of ether oxygens (including phenoxy) is 1. The molecule has 154 valence electrons. The smallest absolute Gasteiger partial charge is 0.325 e. The van der Waals surface area contributed by atoms with Gasteiger partial charge in [0.15, 0.2) is 0 Å². The van der Waals surface area contributed by atoms with Gasteiger partial charge in [-0.15, -0.1) is 0 Å². The number of hydrogen-bond donors (Lipinski definition) is 3. The van der Waals surface area contributed by atoms with Gasteiger partial charge >= 0.3 is 6.03 Å². The number of rotatable bonds is 10. The Balaban J connectivity index is 1.92. The molecule has 1 aliphatic heterocycles. The van der Waals surface area contributed by atoms with Crippen LogP contribution in [-0.2, 0) is 16.1 Å². The van der Waals surface area contributed by atoms with Crippen LogP contribution in [-0.4, -0.2) is 53.7 Å². The molecule has 0 radical (unpaired) electrons. The third kappa shape index (κ3) is 5.22. The van der Waals surface area contributed by atoms with Crippen molar-refractivity contribution in [1.82, 2.24) is 15.5 Å². The van der Waals surface area contributed by atoms with Gasteiger partial charge in [0.25, 0.3) is 5.91 Å². The van der Waals surface area contributed by atoms with Gasteiger partial charge in [0.1, 0.15) is 11.8 Å². The van der Waals surface area contributed by atoms with Crippen LogP contribution in [0.2, 0.25) is 0 Å². The molecule has 1 aromatic carbocycles. The van der Waals surface area contributed by atoms with E-state index in [0.29, 0.717) is 5.75 Å². The summed E-state index contributed by atoms with van der Waals surface area (Å²) >= 11 is 0. The molecular weight excluding hydrogens is 362 g/mol. The van der Waals surface area contributed by atoms with Crippen LogP contribution in [0, 0.1) is 5.92 Å². The van der Waals surface area contributed by atoms with Gasteiger partial charge in [-0.05, 0) is 18.4 Å². The monoisotopic (exact) mass is 391 g/mol. The van der Waals surface area contributed by atoms with Crippen molar-refractivity contribution in [2.45, 2.75) is 51.7 Å². The molecule has 1 aromatic rings. The molecule has 0 aromatic heterocycles. The second kappa shape index (κ2) is 10.1. The maximum absolute atomic E-state index is 12.6. The zero-order chi connectivity index (χ0) is 20.7. The highest BCUT2D eigenvalue weighted by atomic mass is 16.5. The number of aliphatic hydroxyl groups is 1. The van der Waals surface area contributed by atoms with Crippen molar-refractivity contribution < 1.29 is 24.2 Å². The summed E-state index contributed by atoms with van der Waals surface area (Å²) in [4.78, 5) is 38.1. The molecule has 1 saturated heterocycles. The first-order valence-corrected chi connectivity index (χ1v) is 9.55. The number of imide groups is 1. The van der Waals surface area contributed by atoms with E-state index in [4.69, 9.17) is 4.74 Å². The van der Waals surface area contributed by atoms with Crippen LogP contribution in [0.3, 0.4) is 0 Å². The SMILES string of the molecule is CCC(C)C(CO)NC(=O)CCC1NC(=O)N(Cc2ccccc2OC)C1=O. The minimum absolute atomic E-state index is 0.0894. The third-order valence-corrected chi connectivity index (χ3v) is 5.16. The Hall–Kier alpha value is -2.61. The lowest BCUT2D eigenvalue weighted by Crippen LogP contribution is -2.42. The van der Waals surface area contributed by atoms with E-state index < -0.39 is 12.1 Å². The summed E-state index contributed by atoms with van der Waals surface area (Å²) in [6.07, 6.45) is 1.13. The molecule has 1 heterocycles. The third-order valence-electron chi connectivity index (χ3n) is 5.16. The van der Waals surface area contributed by atoms with Crippen molar-refractivity contribution in [1.29, 1.82) is 0 Å². The first-order valence-electron chi connectivity index (χ1n) is 9.55. The quantitative estimate of drug-likeness (QED) is 0.523. The Morgan fingerprint density at radius 3 is 2.71 bits per heavy atom. The number of nitrogens with one attached hydrogen (secondary N) is 2. The van der Waals surface area contributed by atoms with Crippen LogP contribution in [0.1, 0.15) is 38.7 Å². The number of carbonyl (C=O) groups excluding carboxylic acids is 3. The van der Waals surface area contributed by atoms with E-state index in [-0.39, 0.29) is 49.8 Å². The van der Waals surface area contributed by atoms with Gasteiger partial charge in [0.05, 0.1) is 26.3 Å². The van der Waals surface area contributed by atoms with E-state index in [0.717, 1.165) is 16.9 Å². The molecule has 0 aliphatic carbocycles. The Bertz CT molecular complexity index is 709. The zero-order valence-corrected chi connectivity index (χ0v) is 16.6. The van der Waals surface area contributed by atoms with E-state index >= 15 is 0 Å². The Morgan fingerprint density at radius 2 is 2.07 bits per heavy atom. The fraction of sp³-hybridized carbons (Fsp3) is 0.550. The van der Waals surface area contributed by atoms with Gasteiger partial charge in [-0.25, -0.2) is 4.79 Å². The first-order chi connectivity index (χ1) is 13.4. The summed E-state index contributed by atoms with van der Waals surface area (Å²) in [5.74, 6) is 0.151. The summed E-state index contributed by atoms with van der Waals surface area (Å²) in [5, 5.41) is 14.8. The second-order valence-corrected chi connectivity index (χ2v) is 7.02. The van der Waals surface area contributed by atoms with E-state index in [1.165, 1.54) is 7.11 Å². The normalized spacial score (nSPS) is 18.6. The van der Waals surface area contributed by atoms with Crippen molar-refractivity contribution in [3.05, 3.63) is 29.8 Å². The summed E-state index contributed by atoms with van der Waals surface area (Å²) in [6, 6.07) is 5.67. The number of methoxy groups -OCH3 is 1. The van der Waals surface area contributed by atoms with E-state index in [9.17, 15) is 19.5 Å². The topological polar surface area (TPSA) is 108 Å². The number of nitrogens with zero attached hydrogens (tertiary/aromatic N) is 1. The number of benzene rings is 1. The van der Waals surface area contributed by atoms with Crippen molar-refractivity contribution in [3.63, 3.8) is 0 Å². The van der Waals surface area contributed by atoms with Gasteiger partial charge in [-0.2, -0.15) is 0 Å². The summed E-state index contributed by atoms with van der Waals surface area (Å²) in [6.45, 7) is 3.92. The fourth-order valence-electron chi connectivity index (χ4n) is 3.13. The molecule has 4 amide bonds. The summed E-state index contributed by atoms with van der Waals surface area (Å²) < 4.78 is 5.26. The van der Waals surface area contributed by atoms with E-state index in [2.05, 4.69) is 10.6 Å². The minimum Gasteiger partial charge on any atom is -0.496 e. The van der Waals surface area contributed by atoms with E-state index in [1.807, 2.05) is 26.0 Å². The maximum Gasteiger partial charge on any atom is 0.325 e. The molecular formula is C20H29N3O5. The molecule has 1 aliphatic rings. The highest BCUT2D eigenvalue weighted by molar-refractivity contribution is 6.04. The number of hydrogen-bond acceptors (Lipinski definition) is 5. The highest BCUT2D eigenvalue weighted by Crippen LogP contribution is 2.22.